The van der Waals surface area contributed by atoms with Crippen LogP contribution in [0, 0.1) is 0 Å². The summed E-state index contributed by atoms with van der Waals surface area (Å²) in [7, 11) is -1.42. The van der Waals surface area contributed by atoms with E-state index in [1.54, 1.807) is 12.1 Å². The van der Waals surface area contributed by atoms with Crippen LogP contribution in [0.4, 0.5) is 5.69 Å². The zero-order chi connectivity index (χ0) is 14.2. The van der Waals surface area contributed by atoms with Crippen molar-refractivity contribution in [3.8, 4) is 0 Å². The van der Waals surface area contributed by atoms with E-state index < -0.39 is 7.12 Å². The van der Waals surface area contributed by atoms with E-state index in [9.17, 15) is 0 Å². The van der Waals surface area contributed by atoms with E-state index in [4.69, 9.17) is 10.0 Å². The minimum absolute atomic E-state index is 0.298. The molecular weight excluding hydrogens is 249 g/mol. The van der Waals surface area contributed by atoms with Gasteiger partial charge in [0.25, 0.3) is 0 Å². The normalized spacial score (nSPS) is 20.1. The maximum Gasteiger partial charge on any atom is 0.488 e. The Hall–Kier alpha value is -2.04. The third-order valence-corrected chi connectivity index (χ3v) is 3.76. The summed E-state index contributed by atoms with van der Waals surface area (Å²) in [6.07, 6.45) is 4.24. The van der Waals surface area contributed by atoms with Crippen molar-refractivity contribution in [3.63, 3.8) is 0 Å². The summed E-state index contributed by atoms with van der Waals surface area (Å²) in [5.41, 5.74) is 3.55. The summed E-state index contributed by atoms with van der Waals surface area (Å²) in [6, 6.07) is 15.5. The van der Waals surface area contributed by atoms with Crippen molar-refractivity contribution in [2.75, 3.05) is 5.32 Å². The van der Waals surface area contributed by atoms with Gasteiger partial charge in [-0.1, -0.05) is 54.6 Å². The van der Waals surface area contributed by atoms with Gasteiger partial charge in [-0.2, -0.15) is 0 Å². The minimum atomic E-state index is -1.42. The number of anilines is 1. The standard InChI is InChI=1S/C16H16BNO2/c1-16(13-6-8-14(9-7-13)17(19)20)11-10-12-4-2-3-5-15(12)18-16/h2-11,18-20H,1H3. The molecule has 2 aromatic carbocycles. The van der Waals surface area contributed by atoms with Gasteiger partial charge in [-0.15, -0.1) is 0 Å². The summed E-state index contributed by atoms with van der Waals surface area (Å²) in [5, 5.41) is 21.8. The third-order valence-electron chi connectivity index (χ3n) is 3.76. The quantitative estimate of drug-likeness (QED) is 0.725. The zero-order valence-corrected chi connectivity index (χ0v) is 11.2. The van der Waals surface area contributed by atoms with Crippen LogP contribution in [0.3, 0.4) is 0 Å². The van der Waals surface area contributed by atoms with Crippen LogP contribution in [0.15, 0.2) is 54.6 Å². The topological polar surface area (TPSA) is 52.5 Å². The Labute approximate surface area is 118 Å². The van der Waals surface area contributed by atoms with Gasteiger partial charge in [0.1, 0.15) is 0 Å². The monoisotopic (exact) mass is 265 g/mol. The molecule has 4 heteroatoms. The Morgan fingerprint density at radius 2 is 1.70 bits per heavy atom. The highest BCUT2D eigenvalue weighted by atomic mass is 16.4. The molecule has 3 N–H and O–H groups in total. The summed E-state index contributed by atoms with van der Waals surface area (Å²) < 4.78 is 0. The second kappa shape index (κ2) is 4.82. The second-order valence-corrected chi connectivity index (χ2v) is 5.24. The molecule has 1 aliphatic heterocycles. The van der Waals surface area contributed by atoms with Gasteiger partial charge in [0, 0.05) is 5.69 Å². The van der Waals surface area contributed by atoms with Crippen molar-refractivity contribution in [1.82, 2.24) is 0 Å². The first-order valence-corrected chi connectivity index (χ1v) is 6.61. The van der Waals surface area contributed by atoms with E-state index in [2.05, 4.69) is 36.5 Å². The first-order valence-electron chi connectivity index (χ1n) is 6.61. The molecule has 0 aliphatic carbocycles. The minimum Gasteiger partial charge on any atom is -0.423 e. The van der Waals surface area contributed by atoms with Gasteiger partial charge < -0.3 is 15.4 Å². The predicted octanol–water partition coefficient (Wildman–Crippen LogP) is 1.72. The summed E-state index contributed by atoms with van der Waals surface area (Å²) in [5.74, 6) is 0. The molecule has 1 atom stereocenters. The van der Waals surface area contributed by atoms with E-state index in [0.717, 1.165) is 11.3 Å². The SMILES string of the molecule is CC1(c2ccc(B(O)O)cc2)C=Cc2ccccc2N1. The van der Waals surface area contributed by atoms with Crippen LogP contribution in [0.25, 0.3) is 6.08 Å². The molecule has 0 bridgehead atoms. The van der Waals surface area contributed by atoms with Gasteiger partial charge in [0.05, 0.1) is 5.54 Å². The number of hydrogen-bond acceptors (Lipinski definition) is 3. The Kier molecular flexibility index (Phi) is 3.12. The number of nitrogens with one attached hydrogen (secondary N) is 1. The lowest BCUT2D eigenvalue weighted by atomic mass is 9.78. The smallest absolute Gasteiger partial charge is 0.423 e. The van der Waals surface area contributed by atoms with Crippen LogP contribution >= 0.6 is 0 Å². The molecule has 20 heavy (non-hydrogen) atoms. The van der Waals surface area contributed by atoms with Crippen LogP contribution in [-0.4, -0.2) is 17.2 Å². The first-order chi connectivity index (χ1) is 9.58. The summed E-state index contributed by atoms with van der Waals surface area (Å²) >= 11 is 0. The predicted molar refractivity (Wildman–Crippen MR) is 82.7 cm³/mol. The molecule has 0 fully saturated rings. The number of benzene rings is 2. The molecule has 100 valence electrons. The lowest BCUT2D eigenvalue weighted by Gasteiger charge is -2.33. The number of fused-ring (bicyclic) bond motifs is 1. The van der Waals surface area contributed by atoms with Gasteiger partial charge in [0.15, 0.2) is 0 Å². The molecule has 0 amide bonds. The van der Waals surface area contributed by atoms with E-state index in [1.165, 1.54) is 5.56 Å². The fraction of sp³-hybridized carbons (Fsp3) is 0.125. The van der Waals surface area contributed by atoms with E-state index in [1.807, 2.05) is 24.3 Å². The molecule has 0 aromatic heterocycles. The fourth-order valence-electron chi connectivity index (χ4n) is 2.50. The van der Waals surface area contributed by atoms with Crippen molar-refractivity contribution < 1.29 is 10.0 Å². The molecule has 1 aliphatic rings. The fourth-order valence-corrected chi connectivity index (χ4v) is 2.50. The average Bonchev–Trinajstić information content (AvgIpc) is 2.47. The highest BCUT2D eigenvalue weighted by Crippen LogP contribution is 2.34. The maximum absolute atomic E-state index is 9.15. The lowest BCUT2D eigenvalue weighted by molar-refractivity contribution is 0.425. The largest absolute Gasteiger partial charge is 0.488 e. The van der Waals surface area contributed by atoms with Crippen molar-refractivity contribution in [1.29, 1.82) is 0 Å². The zero-order valence-electron chi connectivity index (χ0n) is 11.2. The average molecular weight is 265 g/mol. The number of hydrogen-bond donors (Lipinski definition) is 3. The van der Waals surface area contributed by atoms with Gasteiger partial charge in [-0.3, -0.25) is 0 Å². The molecule has 2 aromatic rings. The first kappa shape index (κ1) is 13.0. The van der Waals surface area contributed by atoms with E-state index in [0.29, 0.717) is 5.46 Å². The van der Waals surface area contributed by atoms with Gasteiger partial charge in [-0.25, -0.2) is 0 Å². The molecule has 3 nitrogen and oxygen atoms in total. The molecule has 0 saturated heterocycles. The van der Waals surface area contributed by atoms with Crippen molar-refractivity contribution >= 4 is 24.3 Å². The van der Waals surface area contributed by atoms with Crippen molar-refractivity contribution in [2.24, 2.45) is 0 Å². The molecule has 1 heterocycles. The molecule has 3 rings (SSSR count). The van der Waals surface area contributed by atoms with Crippen LogP contribution < -0.4 is 10.8 Å². The van der Waals surface area contributed by atoms with E-state index in [-0.39, 0.29) is 5.54 Å². The van der Waals surface area contributed by atoms with Crippen LogP contribution in [0.2, 0.25) is 0 Å². The van der Waals surface area contributed by atoms with Crippen molar-refractivity contribution in [2.45, 2.75) is 12.5 Å². The summed E-state index contributed by atoms with van der Waals surface area (Å²) in [4.78, 5) is 0. The second-order valence-electron chi connectivity index (χ2n) is 5.24. The van der Waals surface area contributed by atoms with Gasteiger partial charge in [-0.05, 0) is 29.6 Å². The molecule has 0 saturated carbocycles. The van der Waals surface area contributed by atoms with Crippen LogP contribution in [-0.2, 0) is 5.54 Å². The molecule has 1 unspecified atom stereocenters. The number of rotatable bonds is 2. The highest BCUT2D eigenvalue weighted by Gasteiger charge is 2.27. The third kappa shape index (κ3) is 2.24. The molecule has 0 spiro atoms. The highest BCUT2D eigenvalue weighted by molar-refractivity contribution is 6.58. The van der Waals surface area contributed by atoms with Gasteiger partial charge in [0.2, 0.25) is 0 Å². The van der Waals surface area contributed by atoms with Gasteiger partial charge >= 0.3 is 7.12 Å². The number of para-hydroxylation sites is 1. The lowest BCUT2D eigenvalue weighted by Crippen LogP contribution is -2.33. The Balaban J connectivity index is 1.95. The van der Waals surface area contributed by atoms with Crippen LogP contribution in [0.5, 0.6) is 0 Å². The summed E-state index contributed by atoms with van der Waals surface area (Å²) in [6.45, 7) is 2.10. The molecule has 0 radical (unpaired) electrons. The maximum atomic E-state index is 9.15. The Morgan fingerprint density at radius 3 is 2.40 bits per heavy atom. The Morgan fingerprint density at radius 1 is 1.00 bits per heavy atom. The van der Waals surface area contributed by atoms with E-state index >= 15 is 0 Å². The van der Waals surface area contributed by atoms with Crippen molar-refractivity contribution in [3.05, 3.63) is 65.7 Å². The van der Waals surface area contributed by atoms with Crippen LogP contribution in [0.1, 0.15) is 18.1 Å². The molecular formula is C16H16BNO2. The Bertz CT molecular complexity index is 652.